The first-order valence-electron chi connectivity index (χ1n) is 12.9. The minimum Gasteiger partial charge on any atom is -0.459 e. The zero-order chi connectivity index (χ0) is 28.7. The molecule has 1 aromatic heterocycles. The fourth-order valence-electron chi connectivity index (χ4n) is 5.05. The molecule has 1 saturated carbocycles. The van der Waals surface area contributed by atoms with Crippen molar-refractivity contribution in [2.24, 2.45) is 11.8 Å². The van der Waals surface area contributed by atoms with Crippen LogP contribution >= 0.6 is 46.1 Å². The maximum atomic E-state index is 12.4. The quantitative estimate of drug-likeness (QED) is 0.139. The standard InChI is InChI=1S/C27H35Cl3O8S/c28-15-8-14(9-16(29)10-15)4-6-19-18(20(30)11-21(19)32)3-1-2-17-5-7-24(39-17)27(37)38-13-23(34)26(36)25(35)22(33)12-31/h5,7-10,18-23,25-26,31-36H,1-4,6,11-13H2/t18-,19-,20-,21-,22-,23+,25+,26+/m1/s1. The molecule has 6 N–H and O–H groups in total. The molecule has 2 aromatic rings. The van der Waals surface area contributed by atoms with Crippen LogP contribution in [0.15, 0.2) is 30.3 Å². The number of halogens is 3. The van der Waals surface area contributed by atoms with Crippen molar-refractivity contribution < 1.29 is 40.2 Å². The molecule has 1 aliphatic rings. The number of ether oxygens (including phenoxy) is 1. The number of esters is 1. The molecule has 3 rings (SSSR count). The number of thiophene rings is 1. The number of hydrogen-bond donors (Lipinski definition) is 6. The van der Waals surface area contributed by atoms with Crippen molar-refractivity contribution in [3.8, 4) is 0 Å². The van der Waals surface area contributed by atoms with Crippen LogP contribution in [0.5, 0.6) is 0 Å². The summed E-state index contributed by atoms with van der Waals surface area (Å²) in [5.74, 6) is -0.457. The average molecular weight is 626 g/mol. The molecule has 0 radical (unpaired) electrons. The summed E-state index contributed by atoms with van der Waals surface area (Å²) in [6.07, 6.45) is -2.88. The fraction of sp³-hybridized carbons (Fsp3) is 0.593. The Kier molecular flexibility index (Phi) is 12.8. The maximum absolute atomic E-state index is 12.4. The summed E-state index contributed by atoms with van der Waals surface area (Å²) in [6, 6.07) is 8.91. The minimum absolute atomic E-state index is 0.0675. The van der Waals surface area contributed by atoms with Crippen LogP contribution in [-0.2, 0) is 17.6 Å². The number of aliphatic hydroxyl groups excluding tert-OH is 6. The van der Waals surface area contributed by atoms with Crippen molar-refractivity contribution in [3.05, 3.63) is 55.7 Å². The van der Waals surface area contributed by atoms with Crippen LogP contribution in [0.3, 0.4) is 0 Å². The van der Waals surface area contributed by atoms with Gasteiger partial charge in [0.05, 0.1) is 12.7 Å². The van der Waals surface area contributed by atoms with Gasteiger partial charge in [0.25, 0.3) is 0 Å². The molecule has 8 nitrogen and oxygen atoms in total. The van der Waals surface area contributed by atoms with Gasteiger partial charge in [-0.15, -0.1) is 22.9 Å². The van der Waals surface area contributed by atoms with Crippen LogP contribution in [0, 0.1) is 11.8 Å². The SMILES string of the molecule is O=C(OC[C@H](O)[C@H](O)[C@@H](O)[C@H](O)CO)c1ccc(CCC[C@@H]2[C@@H](CCc3cc(Cl)cc(Cl)c3)[C@H](O)C[C@H]2Cl)s1. The van der Waals surface area contributed by atoms with E-state index in [1.807, 2.05) is 18.2 Å². The lowest BCUT2D eigenvalue weighted by Gasteiger charge is -2.25. The van der Waals surface area contributed by atoms with Crippen LogP contribution in [0.4, 0.5) is 0 Å². The number of alkyl halides is 1. The highest BCUT2D eigenvalue weighted by Gasteiger charge is 2.40. The number of aryl methyl sites for hydroxylation is 2. The van der Waals surface area contributed by atoms with Gasteiger partial charge >= 0.3 is 5.97 Å². The summed E-state index contributed by atoms with van der Waals surface area (Å²) in [5.41, 5.74) is 1.02. The van der Waals surface area contributed by atoms with Gasteiger partial charge in [-0.1, -0.05) is 23.2 Å². The van der Waals surface area contributed by atoms with Gasteiger partial charge in [-0.2, -0.15) is 0 Å². The monoisotopic (exact) mass is 624 g/mol. The van der Waals surface area contributed by atoms with E-state index in [0.29, 0.717) is 21.3 Å². The Labute approximate surface area is 246 Å². The van der Waals surface area contributed by atoms with Crippen molar-refractivity contribution in [1.82, 2.24) is 0 Å². The first-order valence-corrected chi connectivity index (χ1v) is 14.9. The van der Waals surface area contributed by atoms with E-state index in [-0.39, 0.29) is 17.2 Å². The lowest BCUT2D eigenvalue weighted by atomic mass is 9.85. The van der Waals surface area contributed by atoms with Gasteiger partial charge < -0.3 is 35.4 Å². The molecule has 1 aliphatic carbocycles. The highest BCUT2D eigenvalue weighted by molar-refractivity contribution is 7.13. The number of rotatable bonds is 14. The highest BCUT2D eigenvalue weighted by atomic mass is 35.5. The predicted octanol–water partition coefficient (Wildman–Crippen LogP) is 3.21. The predicted molar refractivity (Wildman–Crippen MR) is 151 cm³/mol. The first-order chi connectivity index (χ1) is 18.5. The van der Waals surface area contributed by atoms with Crippen LogP contribution in [-0.4, -0.2) is 85.7 Å². The molecule has 0 spiro atoms. The Hall–Kier alpha value is -0.980. The first kappa shape index (κ1) is 32.5. The van der Waals surface area contributed by atoms with Gasteiger partial charge in [0, 0.05) is 20.3 Å². The zero-order valence-electron chi connectivity index (χ0n) is 21.2. The number of benzene rings is 1. The largest absolute Gasteiger partial charge is 0.459 e. The Morgan fingerprint density at radius 1 is 0.974 bits per heavy atom. The number of carbonyl (C=O) groups is 1. The van der Waals surface area contributed by atoms with Crippen LogP contribution < -0.4 is 0 Å². The molecule has 1 fully saturated rings. The molecule has 1 aromatic carbocycles. The van der Waals surface area contributed by atoms with Crippen LogP contribution in [0.1, 0.15) is 45.8 Å². The van der Waals surface area contributed by atoms with Crippen molar-refractivity contribution >= 4 is 52.1 Å². The third kappa shape index (κ3) is 9.26. The molecule has 0 saturated heterocycles. The summed E-state index contributed by atoms with van der Waals surface area (Å²) >= 11 is 20.1. The van der Waals surface area contributed by atoms with Crippen molar-refractivity contribution in [1.29, 1.82) is 0 Å². The second kappa shape index (κ2) is 15.3. The van der Waals surface area contributed by atoms with E-state index >= 15 is 0 Å². The van der Waals surface area contributed by atoms with Gasteiger partial charge in [-0.3, -0.25) is 0 Å². The van der Waals surface area contributed by atoms with E-state index in [1.54, 1.807) is 12.1 Å². The lowest BCUT2D eigenvalue weighted by Crippen LogP contribution is -2.47. The molecule has 0 unspecified atom stereocenters. The Morgan fingerprint density at radius 3 is 2.31 bits per heavy atom. The summed E-state index contributed by atoms with van der Waals surface area (Å²) in [6.45, 7) is -1.39. The van der Waals surface area contributed by atoms with Crippen molar-refractivity contribution in [2.75, 3.05) is 13.2 Å². The summed E-state index contributed by atoms with van der Waals surface area (Å²) < 4.78 is 5.04. The van der Waals surface area contributed by atoms with E-state index in [9.17, 15) is 30.3 Å². The molecule has 218 valence electrons. The molecule has 0 bridgehead atoms. The Bertz CT molecular complexity index is 1050. The van der Waals surface area contributed by atoms with Crippen LogP contribution in [0.2, 0.25) is 10.0 Å². The van der Waals surface area contributed by atoms with Crippen LogP contribution in [0.25, 0.3) is 0 Å². The van der Waals surface area contributed by atoms with Gasteiger partial charge in [-0.25, -0.2) is 4.79 Å². The molecule has 8 atom stereocenters. The molecular formula is C27H35Cl3O8S. The molecule has 1 heterocycles. The third-order valence-electron chi connectivity index (χ3n) is 7.20. The van der Waals surface area contributed by atoms with E-state index in [4.69, 9.17) is 44.6 Å². The summed E-state index contributed by atoms with van der Waals surface area (Å²) in [5, 5.41) is 59.3. The third-order valence-corrected chi connectivity index (χ3v) is 9.26. The molecule has 12 heteroatoms. The molecule has 0 amide bonds. The van der Waals surface area contributed by atoms with E-state index in [2.05, 4.69) is 0 Å². The van der Waals surface area contributed by atoms with Gasteiger partial charge in [0.2, 0.25) is 0 Å². The summed E-state index contributed by atoms with van der Waals surface area (Å²) in [7, 11) is 0. The van der Waals surface area contributed by atoms with E-state index < -0.39 is 49.7 Å². The van der Waals surface area contributed by atoms with Gasteiger partial charge in [-0.05, 0) is 86.3 Å². The smallest absolute Gasteiger partial charge is 0.348 e. The maximum Gasteiger partial charge on any atom is 0.348 e. The Balaban J connectivity index is 1.46. The van der Waals surface area contributed by atoms with Crippen molar-refractivity contribution in [3.63, 3.8) is 0 Å². The highest BCUT2D eigenvalue weighted by Crippen LogP contribution is 2.42. The second-order valence-corrected chi connectivity index (χ2v) is 12.6. The number of carbonyl (C=O) groups excluding carboxylic acids is 1. The van der Waals surface area contributed by atoms with Gasteiger partial charge in [0.1, 0.15) is 35.9 Å². The average Bonchev–Trinajstić information content (AvgIpc) is 3.47. The normalized spacial score (nSPS) is 24.3. The number of aliphatic hydroxyl groups is 6. The lowest BCUT2D eigenvalue weighted by molar-refractivity contribution is -0.124. The zero-order valence-corrected chi connectivity index (χ0v) is 24.3. The van der Waals surface area contributed by atoms with Crippen molar-refractivity contribution in [2.45, 2.75) is 74.4 Å². The minimum atomic E-state index is -1.80. The topological polar surface area (TPSA) is 148 Å². The Morgan fingerprint density at radius 2 is 1.64 bits per heavy atom. The molecule has 0 aliphatic heterocycles. The van der Waals surface area contributed by atoms with E-state index in [1.165, 1.54) is 11.3 Å². The second-order valence-electron chi connectivity index (χ2n) is 10.0. The molecule has 39 heavy (non-hydrogen) atoms. The number of hydrogen-bond acceptors (Lipinski definition) is 9. The fourth-order valence-corrected chi connectivity index (χ4v) is 7.06. The van der Waals surface area contributed by atoms with Gasteiger partial charge in [0.15, 0.2) is 0 Å². The summed E-state index contributed by atoms with van der Waals surface area (Å²) in [4.78, 5) is 13.7. The van der Waals surface area contributed by atoms with E-state index in [0.717, 1.165) is 42.5 Å². The molecular weight excluding hydrogens is 591 g/mol.